The lowest BCUT2D eigenvalue weighted by Crippen LogP contribution is -2.21. The van der Waals surface area contributed by atoms with E-state index in [2.05, 4.69) is 39.4 Å². The number of nitrogens with zero attached hydrogens (tertiary/aromatic N) is 3. The molecule has 0 aromatic carbocycles. The Balaban J connectivity index is 2.30. The molecule has 4 nitrogen and oxygen atoms in total. The molecule has 0 saturated heterocycles. The van der Waals surface area contributed by atoms with Crippen molar-refractivity contribution in [3.8, 4) is 0 Å². The minimum Gasteiger partial charge on any atom is -0.308 e. The molecule has 0 amide bonds. The maximum Gasteiger partial charge on any atom is 0.0802 e. The van der Waals surface area contributed by atoms with Crippen LogP contribution in [0.4, 0.5) is 0 Å². The van der Waals surface area contributed by atoms with E-state index in [-0.39, 0.29) is 6.04 Å². The molecule has 0 saturated carbocycles. The minimum absolute atomic E-state index is 0.188. The first-order valence-corrected chi connectivity index (χ1v) is 6.38. The zero-order chi connectivity index (χ0) is 11.4. The van der Waals surface area contributed by atoms with Gasteiger partial charge in [-0.1, -0.05) is 12.1 Å². The predicted octanol–water partition coefficient (Wildman–Crippen LogP) is 2.06. The molecule has 5 heteroatoms. The van der Waals surface area contributed by atoms with Crippen LogP contribution in [-0.2, 0) is 6.54 Å². The lowest BCUT2D eigenvalue weighted by atomic mass is 10.1. The van der Waals surface area contributed by atoms with E-state index in [4.69, 9.17) is 0 Å². The van der Waals surface area contributed by atoms with Crippen LogP contribution < -0.4 is 5.32 Å². The molecule has 1 unspecified atom stereocenters. The number of hydrogen-bond acceptors (Lipinski definition) is 4. The molecule has 2 rings (SSSR count). The number of rotatable bonds is 5. The molecule has 0 fully saturated rings. The summed E-state index contributed by atoms with van der Waals surface area (Å²) in [7, 11) is 1.96. The van der Waals surface area contributed by atoms with Crippen molar-refractivity contribution in [2.75, 3.05) is 7.05 Å². The molecular weight excluding hydrogens is 220 g/mol. The average molecular weight is 236 g/mol. The van der Waals surface area contributed by atoms with Crippen LogP contribution in [0.15, 0.2) is 23.0 Å². The van der Waals surface area contributed by atoms with Gasteiger partial charge in [-0.15, -0.1) is 5.10 Å². The zero-order valence-electron chi connectivity index (χ0n) is 9.55. The van der Waals surface area contributed by atoms with Crippen LogP contribution in [0.1, 0.15) is 30.6 Å². The topological polar surface area (TPSA) is 42.7 Å². The summed E-state index contributed by atoms with van der Waals surface area (Å²) in [6, 6.07) is 2.32. The summed E-state index contributed by atoms with van der Waals surface area (Å²) in [5.41, 5.74) is 2.40. The van der Waals surface area contributed by atoms with E-state index < -0.39 is 0 Å². The molecule has 0 radical (unpaired) electrons. The maximum absolute atomic E-state index is 4.11. The minimum atomic E-state index is 0.188. The van der Waals surface area contributed by atoms with Gasteiger partial charge in [-0.25, -0.2) is 4.68 Å². The second kappa shape index (κ2) is 5.23. The highest BCUT2D eigenvalue weighted by molar-refractivity contribution is 7.08. The third kappa shape index (κ3) is 2.15. The number of aromatic nitrogens is 3. The fourth-order valence-corrected chi connectivity index (χ4v) is 2.49. The Morgan fingerprint density at radius 2 is 2.44 bits per heavy atom. The molecule has 1 N–H and O–H groups in total. The molecule has 0 aliphatic carbocycles. The Labute approximate surface area is 99.3 Å². The Kier molecular flexibility index (Phi) is 3.69. The summed E-state index contributed by atoms with van der Waals surface area (Å²) < 4.78 is 1.97. The first-order chi connectivity index (χ1) is 7.86. The van der Waals surface area contributed by atoms with Gasteiger partial charge in [0.2, 0.25) is 0 Å². The van der Waals surface area contributed by atoms with Crippen LogP contribution in [-0.4, -0.2) is 22.0 Å². The van der Waals surface area contributed by atoms with Crippen LogP contribution in [0.3, 0.4) is 0 Å². The summed E-state index contributed by atoms with van der Waals surface area (Å²) in [5.74, 6) is 0. The summed E-state index contributed by atoms with van der Waals surface area (Å²) in [4.78, 5) is 0. The average Bonchev–Trinajstić information content (AvgIpc) is 2.92. The number of aryl methyl sites for hydroxylation is 1. The summed E-state index contributed by atoms with van der Waals surface area (Å²) in [6.45, 7) is 3.06. The Bertz CT molecular complexity index is 421. The third-order valence-corrected chi connectivity index (χ3v) is 3.25. The molecule has 2 aromatic heterocycles. The predicted molar refractivity (Wildman–Crippen MR) is 65.5 cm³/mol. The van der Waals surface area contributed by atoms with E-state index in [0.29, 0.717) is 0 Å². The molecule has 86 valence electrons. The van der Waals surface area contributed by atoms with Crippen molar-refractivity contribution in [1.29, 1.82) is 0 Å². The molecule has 0 bridgehead atoms. The monoisotopic (exact) mass is 236 g/mol. The Morgan fingerprint density at radius 1 is 1.56 bits per heavy atom. The molecular formula is C11H16N4S. The van der Waals surface area contributed by atoms with E-state index in [1.165, 1.54) is 5.56 Å². The number of nitrogens with one attached hydrogen (secondary N) is 1. The van der Waals surface area contributed by atoms with E-state index in [1.807, 2.05) is 17.9 Å². The summed E-state index contributed by atoms with van der Waals surface area (Å²) in [6.07, 6.45) is 2.91. The van der Waals surface area contributed by atoms with Crippen molar-refractivity contribution in [1.82, 2.24) is 20.3 Å². The lowest BCUT2D eigenvalue weighted by molar-refractivity contribution is 0.524. The third-order valence-electron chi connectivity index (χ3n) is 2.54. The van der Waals surface area contributed by atoms with Gasteiger partial charge in [0.15, 0.2) is 0 Å². The van der Waals surface area contributed by atoms with Crippen molar-refractivity contribution in [3.63, 3.8) is 0 Å². The Hall–Kier alpha value is -1.20. The van der Waals surface area contributed by atoms with E-state index >= 15 is 0 Å². The molecule has 2 aromatic rings. The van der Waals surface area contributed by atoms with Gasteiger partial charge in [-0.2, -0.15) is 11.3 Å². The second-order valence-corrected chi connectivity index (χ2v) is 4.44. The highest BCUT2D eigenvalue weighted by Gasteiger charge is 2.17. The van der Waals surface area contributed by atoms with Crippen molar-refractivity contribution < 1.29 is 0 Å². The van der Waals surface area contributed by atoms with Gasteiger partial charge in [0.1, 0.15) is 0 Å². The van der Waals surface area contributed by atoms with Crippen molar-refractivity contribution in [2.45, 2.75) is 25.9 Å². The smallest absolute Gasteiger partial charge is 0.0802 e. The molecule has 0 aliphatic heterocycles. The van der Waals surface area contributed by atoms with Crippen molar-refractivity contribution in [3.05, 3.63) is 34.3 Å². The summed E-state index contributed by atoms with van der Waals surface area (Å²) >= 11 is 1.71. The van der Waals surface area contributed by atoms with Crippen molar-refractivity contribution in [2.24, 2.45) is 0 Å². The largest absolute Gasteiger partial charge is 0.308 e. The number of thiophene rings is 1. The molecule has 0 aliphatic rings. The molecule has 0 spiro atoms. The van der Waals surface area contributed by atoms with Crippen LogP contribution in [0.25, 0.3) is 0 Å². The maximum atomic E-state index is 4.11. The van der Waals surface area contributed by atoms with Gasteiger partial charge >= 0.3 is 0 Å². The SMILES string of the molecule is CCCn1nncc1C(NC)c1ccsc1. The van der Waals surface area contributed by atoms with Gasteiger partial charge in [-0.05, 0) is 35.9 Å². The van der Waals surface area contributed by atoms with Gasteiger partial charge < -0.3 is 5.32 Å². The number of hydrogen-bond donors (Lipinski definition) is 1. The van der Waals surface area contributed by atoms with Gasteiger partial charge in [0, 0.05) is 6.54 Å². The van der Waals surface area contributed by atoms with Crippen LogP contribution in [0.2, 0.25) is 0 Å². The fraction of sp³-hybridized carbons (Fsp3) is 0.455. The molecule has 2 heterocycles. The van der Waals surface area contributed by atoms with Crippen molar-refractivity contribution >= 4 is 11.3 Å². The van der Waals surface area contributed by atoms with E-state index in [9.17, 15) is 0 Å². The lowest BCUT2D eigenvalue weighted by Gasteiger charge is -2.15. The van der Waals surface area contributed by atoms with Crippen LogP contribution in [0.5, 0.6) is 0 Å². The fourth-order valence-electron chi connectivity index (χ4n) is 1.80. The highest BCUT2D eigenvalue weighted by atomic mass is 32.1. The second-order valence-electron chi connectivity index (χ2n) is 3.66. The first-order valence-electron chi connectivity index (χ1n) is 5.44. The van der Waals surface area contributed by atoms with Gasteiger partial charge in [0.05, 0.1) is 17.9 Å². The molecule has 16 heavy (non-hydrogen) atoms. The van der Waals surface area contributed by atoms with Crippen LogP contribution >= 0.6 is 11.3 Å². The standard InChI is InChI=1S/C11H16N4S/c1-3-5-15-10(7-13-14-15)11(12-2)9-4-6-16-8-9/h4,6-8,11-12H,3,5H2,1-2H3. The summed E-state index contributed by atoms with van der Waals surface area (Å²) in [5, 5.41) is 15.7. The van der Waals surface area contributed by atoms with E-state index in [0.717, 1.165) is 18.7 Å². The normalized spacial score (nSPS) is 12.9. The van der Waals surface area contributed by atoms with E-state index in [1.54, 1.807) is 11.3 Å². The first kappa shape index (κ1) is 11.3. The Morgan fingerprint density at radius 3 is 3.06 bits per heavy atom. The van der Waals surface area contributed by atoms with Gasteiger partial charge in [-0.3, -0.25) is 0 Å². The zero-order valence-corrected chi connectivity index (χ0v) is 10.4. The van der Waals surface area contributed by atoms with Gasteiger partial charge in [0.25, 0.3) is 0 Å². The molecule has 1 atom stereocenters. The quantitative estimate of drug-likeness (QED) is 0.864. The highest BCUT2D eigenvalue weighted by Crippen LogP contribution is 2.22. The van der Waals surface area contributed by atoms with Crippen LogP contribution in [0, 0.1) is 0 Å².